The predicted molar refractivity (Wildman–Crippen MR) is 73.3 cm³/mol. The second kappa shape index (κ2) is 5.17. The van der Waals surface area contributed by atoms with Crippen molar-refractivity contribution < 1.29 is 4.79 Å². The fourth-order valence-electron chi connectivity index (χ4n) is 3.45. The highest BCUT2D eigenvalue weighted by Crippen LogP contribution is 2.35. The van der Waals surface area contributed by atoms with Crippen LogP contribution in [0.15, 0.2) is 0 Å². The van der Waals surface area contributed by atoms with Crippen molar-refractivity contribution in [3.05, 3.63) is 0 Å². The number of nitrogens with zero attached hydrogens (tertiary/aromatic N) is 2. The molecular weight excluding hydrogens is 226 g/mol. The largest absolute Gasteiger partial charge is 0.324 e. The average Bonchev–Trinajstić information content (AvgIpc) is 2.90. The van der Waals surface area contributed by atoms with Crippen molar-refractivity contribution in [2.24, 2.45) is 0 Å². The van der Waals surface area contributed by atoms with Gasteiger partial charge in [0.2, 0.25) is 5.91 Å². The molecule has 2 atom stereocenters. The van der Waals surface area contributed by atoms with Gasteiger partial charge in [0.15, 0.2) is 0 Å². The van der Waals surface area contributed by atoms with Crippen molar-refractivity contribution in [1.82, 2.24) is 15.1 Å². The number of hydrogen-bond donors (Lipinski definition) is 1. The van der Waals surface area contributed by atoms with Gasteiger partial charge in [-0.15, -0.1) is 0 Å². The van der Waals surface area contributed by atoms with Crippen molar-refractivity contribution >= 4 is 5.91 Å². The summed E-state index contributed by atoms with van der Waals surface area (Å²) < 4.78 is 0. The number of carbonyl (C=O) groups is 1. The molecule has 1 heterocycles. The minimum atomic E-state index is 0.0283. The molecule has 4 heteroatoms. The molecular formula is C14H27N3O. The van der Waals surface area contributed by atoms with E-state index in [0.717, 1.165) is 13.0 Å². The van der Waals surface area contributed by atoms with Gasteiger partial charge in [0.25, 0.3) is 0 Å². The summed E-state index contributed by atoms with van der Waals surface area (Å²) in [5.41, 5.74) is 0.203. The molecule has 1 aliphatic heterocycles. The molecule has 0 aromatic carbocycles. The summed E-state index contributed by atoms with van der Waals surface area (Å²) in [4.78, 5) is 16.7. The van der Waals surface area contributed by atoms with Crippen LogP contribution in [-0.4, -0.2) is 54.1 Å². The summed E-state index contributed by atoms with van der Waals surface area (Å²) >= 11 is 0. The number of likely N-dealkylation sites (N-methyl/N-ethyl adjacent to an activating group) is 1. The topological polar surface area (TPSA) is 35.6 Å². The van der Waals surface area contributed by atoms with Gasteiger partial charge in [0.05, 0.1) is 12.2 Å². The number of carbonyl (C=O) groups excluding carboxylic acids is 1. The highest BCUT2D eigenvalue weighted by Gasteiger charge is 2.43. The first-order valence-electron chi connectivity index (χ1n) is 7.24. The number of amides is 1. The summed E-state index contributed by atoms with van der Waals surface area (Å²) in [5.74, 6) is 0.290. The molecule has 1 amide bonds. The Hall–Kier alpha value is -0.610. The molecule has 1 saturated heterocycles. The van der Waals surface area contributed by atoms with Crippen molar-refractivity contribution in [2.45, 2.75) is 63.7 Å². The number of nitrogens with one attached hydrogen (secondary N) is 1. The molecule has 1 saturated carbocycles. The van der Waals surface area contributed by atoms with Crippen molar-refractivity contribution in [1.29, 1.82) is 0 Å². The first kappa shape index (κ1) is 13.8. The molecule has 4 nitrogen and oxygen atoms in total. The Morgan fingerprint density at radius 1 is 1.39 bits per heavy atom. The molecule has 0 aromatic heterocycles. The van der Waals surface area contributed by atoms with E-state index in [9.17, 15) is 4.79 Å². The van der Waals surface area contributed by atoms with Gasteiger partial charge in [-0.1, -0.05) is 19.8 Å². The number of rotatable bonds is 4. The monoisotopic (exact) mass is 253 g/mol. The molecule has 18 heavy (non-hydrogen) atoms. The van der Waals surface area contributed by atoms with Crippen molar-refractivity contribution in [2.75, 3.05) is 20.6 Å². The summed E-state index contributed by atoms with van der Waals surface area (Å²) in [6.45, 7) is 5.05. The predicted octanol–water partition coefficient (Wildman–Crippen LogP) is 1.42. The Balaban J connectivity index is 2.10. The Bertz CT molecular complexity index is 310. The maximum atomic E-state index is 12.3. The van der Waals surface area contributed by atoms with Crippen LogP contribution in [0.1, 0.15) is 46.0 Å². The molecule has 0 spiro atoms. The zero-order valence-electron chi connectivity index (χ0n) is 12.2. The molecule has 0 radical (unpaired) electrons. The summed E-state index contributed by atoms with van der Waals surface area (Å²) in [5, 5.41) is 3.39. The van der Waals surface area contributed by atoms with E-state index in [-0.39, 0.29) is 23.7 Å². The fourth-order valence-corrected chi connectivity index (χ4v) is 3.45. The highest BCUT2D eigenvalue weighted by atomic mass is 16.2. The minimum absolute atomic E-state index is 0.0283. The van der Waals surface area contributed by atoms with Crippen LogP contribution in [0.25, 0.3) is 0 Å². The van der Waals surface area contributed by atoms with Gasteiger partial charge >= 0.3 is 0 Å². The molecule has 1 N–H and O–H groups in total. The maximum Gasteiger partial charge on any atom is 0.241 e. The average molecular weight is 253 g/mol. The third-order valence-corrected chi connectivity index (χ3v) is 4.85. The molecule has 0 bridgehead atoms. The smallest absolute Gasteiger partial charge is 0.241 e. The van der Waals surface area contributed by atoms with E-state index >= 15 is 0 Å². The lowest BCUT2D eigenvalue weighted by molar-refractivity contribution is -0.131. The van der Waals surface area contributed by atoms with Gasteiger partial charge in [0.1, 0.15) is 0 Å². The maximum absolute atomic E-state index is 12.3. The summed E-state index contributed by atoms with van der Waals surface area (Å²) in [7, 11) is 4.31. The quantitative estimate of drug-likeness (QED) is 0.823. The van der Waals surface area contributed by atoms with Crippen LogP contribution in [-0.2, 0) is 4.79 Å². The van der Waals surface area contributed by atoms with E-state index in [1.165, 1.54) is 25.7 Å². The van der Waals surface area contributed by atoms with E-state index < -0.39 is 0 Å². The Labute approximate surface area is 111 Å². The lowest BCUT2D eigenvalue weighted by Gasteiger charge is -2.40. The van der Waals surface area contributed by atoms with Gasteiger partial charge in [-0.2, -0.15) is 0 Å². The van der Waals surface area contributed by atoms with Crippen LogP contribution in [0.2, 0.25) is 0 Å². The normalized spacial score (nSPS) is 31.6. The lowest BCUT2D eigenvalue weighted by atomic mass is 9.95. The molecule has 0 aromatic rings. The molecule has 2 rings (SSSR count). The molecule has 2 fully saturated rings. The van der Waals surface area contributed by atoms with Crippen LogP contribution >= 0.6 is 0 Å². The van der Waals surface area contributed by atoms with E-state index in [1.807, 2.05) is 0 Å². The standard InChI is InChI=1S/C14H27N3O/c1-5-12-13(18)17(11(2)15-12)10-14(16(3)4)8-6-7-9-14/h11-12,15H,5-10H2,1-4H3. The molecule has 104 valence electrons. The first-order chi connectivity index (χ1) is 8.50. The zero-order valence-corrected chi connectivity index (χ0v) is 12.2. The third kappa shape index (κ3) is 2.28. The zero-order chi connectivity index (χ0) is 13.3. The van der Waals surface area contributed by atoms with Crippen molar-refractivity contribution in [3.8, 4) is 0 Å². The Morgan fingerprint density at radius 2 is 2.00 bits per heavy atom. The van der Waals surface area contributed by atoms with Gasteiger partial charge in [-0.3, -0.25) is 10.1 Å². The van der Waals surface area contributed by atoms with Crippen LogP contribution in [0, 0.1) is 0 Å². The van der Waals surface area contributed by atoms with Gasteiger partial charge in [0, 0.05) is 12.1 Å². The van der Waals surface area contributed by atoms with Crippen LogP contribution in [0.5, 0.6) is 0 Å². The SMILES string of the molecule is CCC1NC(C)N(CC2(N(C)C)CCCC2)C1=O. The molecule has 2 unspecified atom stereocenters. The summed E-state index contributed by atoms with van der Waals surface area (Å²) in [6, 6.07) is 0.0283. The van der Waals surface area contributed by atoms with E-state index in [4.69, 9.17) is 0 Å². The van der Waals surface area contributed by atoms with Crippen LogP contribution < -0.4 is 5.32 Å². The van der Waals surface area contributed by atoms with Gasteiger partial charge in [-0.05, 0) is 40.3 Å². The molecule has 2 aliphatic rings. The Morgan fingerprint density at radius 3 is 2.44 bits per heavy atom. The van der Waals surface area contributed by atoms with Gasteiger partial charge < -0.3 is 9.80 Å². The molecule has 1 aliphatic carbocycles. The van der Waals surface area contributed by atoms with E-state index in [1.54, 1.807) is 0 Å². The first-order valence-corrected chi connectivity index (χ1v) is 7.24. The van der Waals surface area contributed by atoms with E-state index in [2.05, 4.69) is 43.1 Å². The highest BCUT2D eigenvalue weighted by molar-refractivity contribution is 5.84. The van der Waals surface area contributed by atoms with Crippen LogP contribution in [0.3, 0.4) is 0 Å². The second-order valence-electron chi connectivity index (χ2n) is 6.10. The second-order valence-corrected chi connectivity index (χ2v) is 6.10. The Kier molecular flexibility index (Phi) is 3.97. The van der Waals surface area contributed by atoms with Crippen LogP contribution in [0.4, 0.5) is 0 Å². The minimum Gasteiger partial charge on any atom is -0.324 e. The third-order valence-electron chi connectivity index (χ3n) is 4.85. The van der Waals surface area contributed by atoms with E-state index in [0.29, 0.717) is 0 Å². The van der Waals surface area contributed by atoms with Gasteiger partial charge in [-0.25, -0.2) is 0 Å². The van der Waals surface area contributed by atoms with Crippen molar-refractivity contribution in [3.63, 3.8) is 0 Å². The fraction of sp³-hybridized carbons (Fsp3) is 0.929. The lowest BCUT2D eigenvalue weighted by Crippen LogP contribution is -2.53. The number of hydrogen-bond acceptors (Lipinski definition) is 3. The summed E-state index contributed by atoms with van der Waals surface area (Å²) in [6.07, 6.45) is 6.08.